The van der Waals surface area contributed by atoms with Crippen molar-refractivity contribution in [2.75, 3.05) is 0 Å². The number of para-hydroxylation sites is 1. The van der Waals surface area contributed by atoms with Gasteiger partial charge in [0, 0.05) is 12.8 Å². The van der Waals surface area contributed by atoms with E-state index in [0.717, 1.165) is 10.8 Å². The van der Waals surface area contributed by atoms with Gasteiger partial charge in [-0.1, -0.05) is 12.1 Å². The van der Waals surface area contributed by atoms with Crippen LogP contribution in [0.15, 0.2) is 28.7 Å². The summed E-state index contributed by atoms with van der Waals surface area (Å²) in [6, 6.07) is 7.14. The Bertz CT molecular complexity index is 349. The summed E-state index contributed by atoms with van der Waals surface area (Å²) in [4.78, 5) is 21.3. The van der Waals surface area contributed by atoms with E-state index in [1.807, 2.05) is 6.07 Å². The minimum Gasteiger partial charge on any atom is -0.425 e. The molecule has 0 aliphatic rings. The highest BCUT2D eigenvalue weighted by atomic mass is 79.9. The van der Waals surface area contributed by atoms with Gasteiger partial charge in [-0.2, -0.15) is 0 Å². The monoisotopic (exact) mass is 270 g/mol. The van der Waals surface area contributed by atoms with Crippen molar-refractivity contribution >= 4 is 28.2 Å². The maximum absolute atomic E-state index is 11.3. The van der Waals surface area contributed by atoms with Gasteiger partial charge in [0.1, 0.15) is 12.0 Å². The van der Waals surface area contributed by atoms with Crippen LogP contribution in [0.1, 0.15) is 19.3 Å². The summed E-state index contributed by atoms with van der Waals surface area (Å²) in [6.45, 7) is 0. The number of hydrogen-bond acceptors (Lipinski definition) is 3. The minimum absolute atomic E-state index is 0.264. The van der Waals surface area contributed by atoms with E-state index in [4.69, 9.17) is 4.74 Å². The topological polar surface area (TPSA) is 43.4 Å². The van der Waals surface area contributed by atoms with Crippen LogP contribution in [0.2, 0.25) is 0 Å². The van der Waals surface area contributed by atoms with Crippen LogP contribution in [0, 0.1) is 0 Å². The van der Waals surface area contributed by atoms with E-state index in [1.165, 1.54) is 0 Å². The molecule has 4 heteroatoms. The molecule has 0 aliphatic heterocycles. The lowest BCUT2D eigenvalue weighted by molar-refractivity contribution is -0.134. The molecule has 15 heavy (non-hydrogen) atoms. The van der Waals surface area contributed by atoms with Gasteiger partial charge in [0.05, 0.1) is 4.47 Å². The van der Waals surface area contributed by atoms with Crippen LogP contribution in [0.3, 0.4) is 0 Å². The molecule has 0 unspecified atom stereocenters. The molecule has 0 heterocycles. The van der Waals surface area contributed by atoms with E-state index >= 15 is 0 Å². The van der Waals surface area contributed by atoms with E-state index < -0.39 is 0 Å². The third kappa shape index (κ3) is 4.25. The highest BCUT2D eigenvalue weighted by Gasteiger charge is 2.06. The number of aldehydes is 1. The molecule has 80 valence electrons. The Morgan fingerprint density at radius 3 is 2.80 bits per heavy atom. The van der Waals surface area contributed by atoms with E-state index in [0.29, 0.717) is 18.6 Å². The van der Waals surface area contributed by atoms with Crippen LogP contribution < -0.4 is 4.74 Å². The maximum atomic E-state index is 11.3. The van der Waals surface area contributed by atoms with Gasteiger partial charge in [0.2, 0.25) is 0 Å². The number of carbonyl (C=O) groups excluding carboxylic acids is 2. The fraction of sp³-hybridized carbons (Fsp3) is 0.273. The van der Waals surface area contributed by atoms with E-state index in [-0.39, 0.29) is 12.4 Å². The van der Waals surface area contributed by atoms with E-state index in [9.17, 15) is 9.59 Å². The first-order chi connectivity index (χ1) is 7.24. The normalized spacial score (nSPS) is 9.67. The molecule has 1 rings (SSSR count). The molecule has 0 aliphatic carbocycles. The number of esters is 1. The summed E-state index contributed by atoms with van der Waals surface area (Å²) in [6.07, 6.45) is 1.99. The van der Waals surface area contributed by atoms with Crippen LogP contribution in [0.4, 0.5) is 0 Å². The Hall–Kier alpha value is -1.16. The Morgan fingerprint density at radius 2 is 2.13 bits per heavy atom. The lowest BCUT2D eigenvalue weighted by atomic mass is 10.2. The van der Waals surface area contributed by atoms with Crippen molar-refractivity contribution in [2.24, 2.45) is 0 Å². The third-order valence-corrected chi connectivity index (χ3v) is 2.42. The summed E-state index contributed by atoms with van der Waals surface area (Å²) in [5.74, 6) is 0.192. The summed E-state index contributed by atoms with van der Waals surface area (Å²) >= 11 is 3.27. The number of unbranched alkanes of at least 4 members (excludes halogenated alkanes) is 1. The zero-order valence-electron chi connectivity index (χ0n) is 8.11. The number of benzene rings is 1. The molecule has 0 aromatic heterocycles. The summed E-state index contributed by atoms with van der Waals surface area (Å²) in [5.41, 5.74) is 0. The second-order valence-corrected chi connectivity index (χ2v) is 3.82. The average molecular weight is 271 g/mol. The van der Waals surface area contributed by atoms with Crippen LogP contribution in [-0.4, -0.2) is 12.3 Å². The molecule has 1 aromatic carbocycles. The summed E-state index contributed by atoms with van der Waals surface area (Å²) < 4.78 is 5.83. The Kier molecular flexibility index (Phi) is 5.04. The molecule has 1 aromatic rings. The minimum atomic E-state index is -0.316. The van der Waals surface area contributed by atoms with Crippen molar-refractivity contribution in [3.05, 3.63) is 28.7 Å². The van der Waals surface area contributed by atoms with Crippen molar-refractivity contribution in [2.45, 2.75) is 19.3 Å². The first kappa shape index (κ1) is 11.9. The van der Waals surface area contributed by atoms with E-state index in [1.54, 1.807) is 18.2 Å². The van der Waals surface area contributed by atoms with Crippen molar-refractivity contribution in [1.82, 2.24) is 0 Å². The second-order valence-electron chi connectivity index (χ2n) is 2.96. The highest BCUT2D eigenvalue weighted by molar-refractivity contribution is 9.10. The number of halogens is 1. The number of hydrogen-bond donors (Lipinski definition) is 0. The smallest absolute Gasteiger partial charge is 0.311 e. The average Bonchev–Trinajstić information content (AvgIpc) is 2.22. The van der Waals surface area contributed by atoms with Gasteiger partial charge in [-0.3, -0.25) is 4.79 Å². The van der Waals surface area contributed by atoms with Gasteiger partial charge in [-0.05, 0) is 34.5 Å². The molecule has 0 atom stereocenters. The number of rotatable bonds is 5. The molecule has 0 spiro atoms. The number of carbonyl (C=O) groups is 2. The predicted molar refractivity (Wildman–Crippen MR) is 59.7 cm³/mol. The molecule has 3 nitrogen and oxygen atoms in total. The van der Waals surface area contributed by atoms with Gasteiger partial charge in [-0.25, -0.2) is 0 Å². The Balaban J connectivity index is 2.44. The quantitative estimate of drug-likeness (QED) is 0.358. The van der Waals surface area contributed by atoms with Crippen LogP contribution >= 0.6 is 15.9 Å². The van der Waals surface area contributed by atoms with Gasteiger partial charge < -0.3 is 9.53 Å². The Morgan fingerprint density at radius 1 is 1.40 bits per heavy atom. The molecule has 0 N–H and O–H groups in total. The highest BCUT2D eigenvalue weighted by Crippen LogP contribution is 2.24. The molecule has 0 saturated heterocycles. The predicted octanol–water partition coefficient (Wildman–Crippen LogP) is 2.72. The van der Waals surface area contributed by atoms with Gasteiger partial charge >= 0.3 is 5.97 Å². The largest absolute Gasteiger partial charge is 0.425 e. The standard InChI is InChI=1S/C11H11BrO3/c12-9-5-1-2-6-10(9)15-11(14)7-3-4-8-13/h1-2,5-6,8H,3-4,7H2. The van der Waals surface area contributed by atoms with Gasteiger partial charge in [0.25, 0.3) is 0 Å². The summed E-state index contributed by atoms with van der Waals surface area (Å²) in [7, 11) is 0. The van der Waals surface area contributed by atoms with Crippen molar-refractivity contribution in [3.8, 4) is 5.75 Å². The molecule has 0 saturated carbocycles. The molecule has 0 radical (unpaired) electrons. The summed E-state index contributed by atoms with van der Waals surface area (Å²) in [5, 5.41) is 0. The fourth-order valence-corrected chi connectivity index (χ4v) is 1.40. The van der Waals surface area contributed by atoms with Gasteiger partial charge in [0.15, 0.2) is 0 Å². The SMILES string of the molecule is O=CCCCC(=O)Oc1ccccc1Br. The van der Waals surface area contributed by atoms with E-state index in [2.05, 4.69) is 15.9 Å². The Labute approximate surface area is 96.6 Å². The molecular formula is C11H11BrO3. The van der Waals surface area contributed by atoms with Crippen LogP contribution in [0.5, 0.6) is 5.75 Å². The van der Waals surface area contributed by atoms with Crippen LogP contribution in [-0.2, 0) is 9.59 Å². The van der Waals surface area contributed by atoms with Gasteiger partial charge in [-0.15, -0.1) is 0 Å². The van der Waals surface area contributed by atoms with Crippen molar-refractivity contribution < 1.29 is 14.3 Å². The lowest BCUT2D eigenvalue weighted by Gasteiger charge is -2.04. The van der Waals surface area contributed by atoms with Crippen LogP contribution in [0.25, 0.3) is 0 Å². The zero-order valence-corrected chi connectivity index (χ0v) is 9.70. The molecule has 0 bridgehead atoms. The first-order valence-corrected chi connectivity index (χ1v) is 5.42. The first-order valence-electron chi connectivity index (χ1n) is 4.63. The maximum Gasteiger partial charge on any atom is 0.311 e. The third-order valence-electron chi connectivity index (χ3n) is 1.76. The fourth-order valence-electron chi connectivity index (χ4n) is 1.03. The lowest BCUT2D eigenvalue weighted by Crippen LogP contribution is -2.07. The molecule has 0 amide bonds. The number of ether oxygens (including phenoxy) is 1. The zero-order chi connectivity index (χ0) is 11.1. The molecular weight excluding hydrogens is 260 g/mol. The van der Waals surface area contributed by atoms with Crippen molar-refractivity contribution in [1.29, 1.82) is 0 Å². The second kappa shape index (κ2) is 6.35. The molecule has 0 fully saturated rings. The van der Waals surface area contributed by atoms with Crippen molar-refractivity contribution in [3.63, 3.8) is 0 Å².